The van der Waals surface area contributed by atoms with Gasteiger partial charge in [-0.15, -0.1) is 0 Å². The minimum Gasteiger partial charge on any atom is -0.491 e. The Morgan fingerprint density at radius 2 is 1.41 bits per heavy atom. The zero-order chi connectivity index (χ0) is 23.3. The molecule has 1 heterocycles. The summed E-state index contributed by atoms with van der Waals surface area (Å²) in [6, 6.07) is 36.0. The molecular formula is C31H30N2O. The fraction of sp³-hybridized carbons (Fsp3) is 0.194. The van der Waals surface area contributed by atoms with Gasteiger partial charge in [0.1, 0.15) is 18.2 Å². The molecule has 0 amide bonds. The van der Waals surface area contributed by atoms with Gasteiger partial charge in [-0.25, -0.2) is 4.98 Å². The third-order valence-corrected chi connectivity index (χ3v) is 6.27. The molecule has 4 aromatic carbocycles. The summed E-state index contributed by atoms with van der Waals surface area (Å²) >= 11 is 0. The number of imidazole rings is 1. The lowest BCUT2D eigenvalue weighted by molar-refractivity contribution is 0.294. The number of ether oxygens (including phenoxy) is 1. The number of aromatic nitrogens is 2. The molecule has 0 saturated carbocycles. The summed E-state index contributed by atoms with van der Waals surface area (Å²) in [6.07, 6.45) is 0.784. The van der Waals surface area contributed by atoms with Crippen LogP contribution in [0.5, 0.6) is 5.75 Å². The Bertz CT molecular complexity index is 1370. The van der Waals surface area contributed by atoms with Crippen LogP contribution in [0.25, 0.3) is 22.2 Å². The van der Waals surface area contributed by atoms with Crippen molar-refractivity contribution in [2.45, 2.75) is 32.7 Å². The minimum absolute atomic E-state index is 0.430. The predicted octanol–water partition coefficient (Wildman–Crippen LogP) is 7.50. The molecule has 0 aliphatic heterocycles. The molecule has 5 aromatic rings. The van der Waals surface area contributed by atoms with Crippen molar-refractivity contribution < 1.29 is 4.74 Å². The molecule has 0 spiro atoms. The minimum atomic E-state index is 0.430. The van der Waals surface area contributed by atoms with Crippen molar-refractivity contribution in [3.05, 3.63) is 120 Å². The van der Waals surface area contributed by atoms with Gasteiger partial charge in [-0.2, -0.15) is 0 Å². The van der Waals surface area contributed by atoms with Gasteiger partial charge in [0.25, 0.3) is 0 Å². The van der Waals surface area contributed by atoms with E-state index in [-0.39, 0.29) is 0 Å². The van der Waals surface area contributed by atoms with Crippen molar-refractivity contribution in [2.75, 3.05) is 6.61 Å². The normalized spacial score (nSPS) is 11.3. The van der Waals surface area contributed by atoms with Gasteiger partial charge in [-0.3, -0.25) is 0 Å². The third-order valence-electron chi connectivity index (χ3n) is 6.27. The number of hydrogen-bond donors (Lipinski definition) is 0. The summed E-state index contributed by atoms with van der Waals surface area (Å²) < 4.78 is 8.55. The Labute approximate surface area is 201 Å². The van der Waals surface area contributed by atoms with Gasteiger partial charge < -0.3 is 9.30 Å². The predicted molar refractivity (Wildman–Crippen MR) is 140 cm³/mol. The highest BCUT2D eigenvalue weighted by Crippen LogP contribution is 2.26. The zero-order valence-corrected chi connectivity index (χ0v) is 19.8. The molecule has 0 N–H and O–H groups in total. The molecule has 3 heteroatoms. The summed E-state index contributed by atoms with van der Waals surface area (Å²) in [7, 11) is 0. The third kappa shape index (κ3) is 4.74. The summed E-state index contributed by atoms with van der Waals surface area (Å²) in [5.41, 5.74) is 7.15. The van der Waals surface area contributed by atoms with Crippen molar-refractivity contribution in [1.82, 2.24) is 9.55 Å². The number of fused-ring (bicyclic) bond motifs is 1. The van der Waals surface area contributed by atoms with Crippen molar-refractivity contribution in [3.8, 4) is 16.9 Å². The second-order valence-corrected chi connectivity index (χ2v) is 8.95. The number of para-hydroxylation sites is 3. The van der Waals surface area contributed by atoms with E-state index in [1.807, 2.05) is 18.2 Å². The highest BCUT2D eigenvalue weighted by molar-refractivity contribution is 5.76. The molecule has 3 nitrogen and oxygen atoms in total. The SMILES string of the molecule is CC(C)c1ccccc1OCCn1c(Cc2ccc(-c3ccccc3)cc2)nc2ccccc21. The van der Waals surface area contributed by atoms with Crippen LogP contribution in [0.2, 0.25) is 0 Å². The summed E-state index contributed by atoms with van der Waals surface area (Å²) in [6.45, 7) is 5.76. The smallest absolute Gasteiger partial charge is 0.122 e. The van der Waals surface area contributed by atoms with Crippen LogP contribution in [0.4, 0.5) is 0 Å². The first-order valence-corrected chi connectivity index (χ1v) is 12.0. The monoisotopic (exact) mass is 446 g/mol. The number of nitrogens with zero attached hydrogens (tertiary/aromatic N) is 2. The maximum absolute atomic E-state index is 6.24. The number of rotatable bonds is 8. The van der Waals surface area contributed by atoms with Gasteiger partial charge in [0.15, 0.2) is 0 Å². The van der Waals surface area contributed by atoms with Crippen LogP contribution in [-0.2, 0) is 13.0 Å². The molecule has 0 aliphatic carbocycles. The first-order valence-electron chi connectivity index (χ1n) is 12.0. The van der Waals surface area contributed by atoms with E-state index in [0.29, 0.717) is 12.5 Å². The van der Waals surface area contributed by atoms with E-state index >= 15 is 0 Å². The van der Waals surface area contributed by atoms with E-state index in [2.05, 4.69) is 103 Å². The Hall–Kier alpha value is -3.85. The average Bonchev–Trinajstić information content (AvgIpc) is 3.22. The van der Waals surface area contributed by atoms with E-state index in [1.54, 1.807) is 0 Å². The van der Waals surface area contributed by atoms with Gasteiger partial charge in [0.05, 0.1) is 17.6 Å². The molecular weight excluding hydrogens is 416 g/mol. The van der Waals surface area contributed by atoms with Gasteiger partial charge in [0.2, 0.25) is 0 Å². The van der Waals surface area contributed by atoms with E-state index < -0.39 is 0 Å². The van der Waals surface area contributed by atoms with Gasteiger partial charge in [-0.05, 0) is 46.4 Å². The molecule has 170 valence electrons. The fourth-order valence-electron chi connectivity index (χ4n) is 4.47. The van der Waals surface area contributed by atoms with Gasteiger partial charge in [-0.1, -0.05) is 98.8 Å². The maximum atomic E-state index is 6.24. The standard InChI is InChI=1S/C31H30N2O/c1-23(2)27-12-6-9-15-30(27)34-21-20-33-29-14-8-7-13-28(29)32-31(33)22-24-16-18-26(19-17-24)25-10-4-3-5-11-25/h3-19,23H,20-22H2,1-2H3. The Balaban J connectivity index is 1.36. The van der Waals surface area contributed by atoms with E-state index in [1.165, 1.54) is 22.3 Å². The largest absolute Gasteiger partial charge is 0.491 e. The van der Waals surface area contributed by atoms with Crippen molar-refractivity contribution in [2.24, 2.45) is 0 Å². The molecule has 34 heavy (non-hydrogen) atoms. The number of hydrogen-bond acceptors (Lipinski definition) is 2. The first kappa shape index (κ1) is 22.0. The molecule has 5 rings (SSSR count). The molecule has 0 radical (unpaired) electrons. The van der Waals surface area contributed by atoms with Crippen molar-refractivity contribution in [1.29, 1.82) is 0 Å². The number of benzene rings is 4. The molecule has 0 aliphatic rings. The van der Waals surface area contributed by atoms with Crippen LogP contribution >= 0.6 is 0 Å². The second-order valence-electron chi connectivity index (χ2n) is 8.95. The van der Waals surface area contributed by atoms with Crippen LogP contribution in [0.1, 0.15) is 36.7 Å². The Morgan fingerprint density at radius 1 is 0.735 bits per heavy atom. The molecule has 0 bridgehead atoms. The lowest BCUT2D eigenvalue weighted by atomic mass is 10.0. The second kappa shape index (κ2) is 9.96. The average molecular weight is 447 g/mol. The van der Waals surface area contributed by atoms with Crippen LogP contribution < -0.4 is 4.74 Å². The molecule has 1 aromatic heterocycles. The van der Waals surface area contributed by atoms with Gasteiger partial charge in [0, 0.05) is 6.42 Å². The molecule has 0 saturated heterocycles. The quantitative estimate of drug-likeness (QED) is 0.247. The van der Waals surface area contributed by atoms with Crippen molar-refractivity contribution in [3.63, 3.8) is 0 Å². The first-order chi connectivity index (χ1) is 16.7. The van der Waals surface area contributed by atoms with Crippen molar-refractivity contribution >= 4 is 11.0 Å². The highest BCUT2D eigenvalue weighted by atomic mass is 16.5. The maximum Gasteiger partial charge on any atom is 0.122 e. The Morgan fingerprint density at radius 3 is 2.21 bits per heavy atom. The van der Waals surface area contributed by atoms with Crippen LogP contribution in [0.3, 0.4) is 0 Å². The highest BCUT2D eigenvalue weighted by Gasteiger charge is 2.12. The fourth-order valence-corrected chi connectivity index (χ4v) is 4.47. The molecule has 0 fully saturated rings. The summed E-state index contributed by atoms with van der Waals surface area (Å²) in [4.78, 5) is 4.97. The van der Waals surface area contributed by atoms with E-state index in [0.717, 1.165) is 35.6 Å². The molecule has 0 unspecified atom stereocenters. The van der Waals surface area contributed by atoms with Crippen LogP contribution in [-0.4, -0.2) is 16.2 Å². The molecule has 0 atom stereocenters. The summed E-state index contributed by atoms with van der Waals surface area (Å²) in [5.74, 6) is 2.47. The summed E-state index contributed by atoms with van der Waals surface area (Å²) in [5, 5.41) is 0. The van der Waals surface area contributed by atoms with Crippen LogP contribution in [0.15, 0.2) is 103 Å². The van der Waals surface area contributed by atoms with E-state index in [4.69, 9.17) is 9.72 Å². The lowest BCUT2D eigenvalue weighted by Crippen LogP contribution is -2.12. The van der Waals surface area contributed by atoms with Crippen LogP contribution in [0, 0.1) is 0 Å². The van der Waals surface area contributed by atoms with E-state index in [9.17, 15) is 0 Å². The topological polar surface area (TPSA) is 27.1 Å². The Kier molecular flexibility index (Phi) is 6.44. The van der Waals surface area contributed by atoms with Gasteiger partial charge >= 0.3 is 0 Å². The zero-order valence-electron chi connectivity index (χ0n) is 19.8. The lowest BCUT2D eigenvalue weighted by Gasteiger charge is -2.15.